The number of nitrogens with zero attached hydrogens (tertiary/aromatic N) is 4. The minimum Gasteiger partial charge on any atom is -0.368 e. The number of likely N-dealkylation sites (N-methyl/N-ethyl adjacent to an activating group) is 1. The quantitative estimate of drug-likeness (QED) is 0.863. The van der Waals surface area contributed by atoms with Crippen molar-refractivity contribution in [1.82, 2.24) is 14.9 Å². The smallest absolute Gasteiger partial charge is 0.223 e. The van der Waals surface area contributed by atoms with Crippen LogP contribution in [0.3, 0.4) is 0 Å². The number of piperazine rings is 1. The Kier molecular flexibility index (Phi) is 3.91. The molecule has 2 fully saturated rings. The van der Waals surface area contributed by atoms with E-state index in [1.165, 1.54) is 25.7 Å². The zero-order chi connectivity index (χ0) is 13.9. The number of hydrogen-bond acceptors (Lipinski definition) is 6. The van der Waals surface area contributed by atoms with Crippen molar-refractivity contribution >= 4 is 17.6 Å². The van der Waals surface area contributed by atoms with Crippen LogP contribution in [0.25, 0.3) is 0 Å². The van der Waals surface area contributed by atoms with Gasteiger partial charge in [-0.1, -0.05) is 12.8 Å². The lowest BCUT2D eigenvalue weighted by atomic mass is 10.2. The third-order valence-corrected chi connectivity index (χ3v) is 4.26. The van der Waals surface area contributed by atoms with Gasteiger partial charge in [0.1, 0.15) is 11.6 Å². The SMILES string of the molecule is CN1CCN(c2cc(NC3CCCC3)nc(N)n2)CC1. The molecular formula is C14H24N6. The Morgan fingerprint density at radius 2 is 1.85 bits per heavy atom. The van der Waals surface area contributed by atoms with Gasteiger partial charge in [0.15, 0.2) is 0 Å². The normalized spacial score (nSPS) is 21.4. The van der Waals surface area contributed by atoms with Crippen LogP contribution in [0.4, 0.5) is 17.6 Å². The number of nitrogen functional groups attached to an aromatic ring is 1. The second kappa shape index (κ2) is 5.83. The van der Waals surface area contributed by atoms with Gasteiger partial charge in [0.05, 0.1) is 0 Å². The maximum atomic E-state index is 5.87. The Labute approximate surface area is 120 Å². The van der Waals surface area contributed by atoms with Crippen LogP contribution in [0.1, 0.15) is 25.7 Å². The summed E-state index contributed by atoms with van der Waals surface area (Å²) in [6, 6.07) is 2.59. The summed E-state index contributed by atoms with van der Waals surface area (Å²) in [5, 5.41) is 3.50. The molecule has 3 N–H and O–H groups in total. The van der Waals surface area contributed by atoms with Crippen molar-refractivity contribution in [2.75, 3.05) is 49.2 Å². The summed E-state index contributed by atoms with van der Waals surface area (Å²) in [5.74, 6) is 2.19. The molecule has 1 saturated heterocycles. The monoisotopic (exact) mass is 276 g/mol. The van der Waals surface area contributed by atoms with Crippen molar-refractivity contribution in [2.45, 2.75) is 31.7 Å². The van der Waals surface area contributed by atoms with E-state index < -0.39 is 0 Å². The highest BCUT2D eigenvalue weighted by Gasteiger charge is 2.19. The molecule has 1 aliphatic heterocycles. The fourth-order valence-corrected chi connectivity index (χ4v) is 3.00. The van der Waals surface area contributed by atoms with Crippen molar-refractivity contribution in [3.8, 4) is 0 Å². The van der Waals surface area contributed by atoms with Crippen LogP contribution in [0.5, 0.6) is 0 Å². The minimum atomic E-state index is 0.363. The Morgan fingerprint density at radius 3 is 2.55 bits per heavy atom. The number of anilines is 3. The van der Waals surface area contributed by atoms with Crippen LogP contribution in [0, 0.1) is 0 Å². The van der Waals surface area contributed by atoms with E-state index in [1.54, 1.807) is 0 Å². The lowest BCUT2D eigenvalue weighted by Gasteiger charge is -2.33. The van der Waals surface area contributed by atoms with E-state index in [4.69, 9.17) is 5.73 Å². The molecule has 1 aliphatic carbocycles. The second-order valence-electron chi connectivity index (χ2n) is 5.89. The number of nitrogens with one attached hydrogen (secondary N) is 1. The zero-order valence-corrected chi connectivity index (χ0v) is 12.2. The van der Waals surface area contributed by atoms with Gasteiger partial charge in [-0.25, -0.2) is 0 Å². The van der Waals surface area contributed by atoms with Crippen LogP contribution in [-0.2, 0) is 0 Å². The summed E-state index contributed by atoms with van der Waals surface area (Å²) in [6.45, 7) is 4.12. The summed E-state index contributed by atoms with van der Waals surface area (Å²) in [4.78, 5) is 13.3. The fraction of sp³-hybridized carbons (Fsp3) is 0.714. The standard InChI is InChI=1S/C14H24N6/c1-19-6-8-20(9-7-19)13-10-12(17-14(15)18-13)16-11-4-2-3-5-11/h10-11H,2-9H2,1H3,(H3,15,16,17,18). The lowest BCUT2D eigenvalue weighted by molar-refractivity contribution is 0.312. The number of nitrogens with two attached hydrogens (primary N) is 1. The average Bonchev–Trinajstić information content (AvgIpc) is 2.91. The molecule has 0 spiro atoms. The molecule has 6 nitrogen and oxygen atoms in total. The molecule has 0 unspecified atom stereocenters. The van der Waals surface area contributed by atoms with Crippen molar-refractivity contribution in [3.63, 3.8) is 0 Å². The molecule has 1 aromatic heterocycles. The zero-order valence-electron chi connectivity index (χ0n) is 12.2. The molecule has 110 valence electrons. The van der Waals surface area contributed by atoms with Gasteiger partial charge < -0.3 is 20.9 Å². The van der Waals surface area contributed by atoms with E-state index in [9.17, 15) is 0 Å². The summed E-state index contributed by atoms with van der Waals surface area (Å²) < 4.78 is 0. The molecule has 0 atom stereocenters. The Hall–Kier alpha value is -1.56. The molecule has 0 amide bonds. The van der Waals surface area contributed by atoms with Crippen LogP contribution < -0.4 is 16.0 Å². The van der Waals surface area contributed by atoms with E-state index in [2.05, 4.69) is 32.1 Å². The minimum absolute atomic E-state index is 0.363. The predicted octanol–water partition coefficient (Wildman–Crippen LogP) is 1.17. The number of aromatic nitrogens is 2. The topological polar surface area (TPSA) is 70.3 Å². The van der Waals surface area contributed by atoms with Gasteiger partial charge in [0.2, 0.25) is 5.95 Å². The van der Waals surface area contributed by atoms with Crippen molar-refractivity contribution in [1.29, 1.82) is 0 Å². The first-order valence-electron chi connectivity index (χ1n) is 7.55. The molecular weight excluding hydrogens is 252 g/mol. The van der Waals surface area contributed by atoms with E-state index in [-0.39, 0.29) is 0 Å². The first-order chi connectivity index (χ1) is 9.70. The molecule has 20 heavy (non-hydrogen) atoms. The first kappa shape index (κ1) is 13.4. The molecule has 6 heteroatoms. The van der Waals surface area contributed by atoms with Gasteiger partial charge in [0.25, 0.3) is 0 Å². The van der Waals surface area contributed by atoms with Gasteiger partial charge in [-0.3, -0.25) is 0 Å². The molecule has 0 bridgehead atoms. The Bertz CT molecular complexity index is 449. The van der Waals surface area contributed by atoms with E-state index in [0.717, 1.165) is 37.8 Å². The van der Waals surface area contributed by atoms with E-state index in [0.29, 0.717) is 12.0 Å². The maximum Gasteiger partial charge on any atom is 0.223 e. The van der Waals surface area contributed by atoms with Crippen LogP contribution in [-0.4, -0.2) is 54.1 Å². The highest BCUT2D eigenvalue weighted by molar-refractivity contribution is 5.53. The third-order valence-electron chi connectivity index (χ3n) is 4.26. The number of hydrogen-bond donors (Lipinski definition) is 2. The summed E-state index contributed by atoms with van der Waals surface area (Å²) in [5.41, 5.74) is 5.87. The van der Waals surface area contributed by atoms with Crippen LogP contribution in [0.2, 0.25) is 0 Å². The fourth-order valence-electron chi connectivity index (χ4n) is 3.00. The van der Waals surface area contributed by atoms with Gasteiger partial charge in [0, 0.05) is 38.3 Å². The maximum absolute atomic E-state index is 5.87. The van der Waals surface area contributed by atoms with Crippen molar-refractivity contribution in [2.24, 2.45) is 0 Å². The van der Waals surface area contributed by atoms with E-state index >= 15 is 0 Å². The molecule has 1 aromatic rings. The van der Waals surface area contributed by atoms with Gasteiger partial charge >= 0.3 is 0 Å². The molecule has 0 radical (unpaired) electrons. The third kappa shape index (κ3) is 3.12. The number of rotatable bonds is 3. The molecule has 1 saturated carbocycles. The Balaban J connectivity index is 1.72. The van der Waals surface area contributed by atoms with Crippen LogP contribution >= 0.6 is 0 Å². The molecule has 3 rings (SSSR count). The predicted molar refractivity (Wildman–Crippen MR) is 82.0 cm³/mol. The highest BCUT2D eigenvalue weighted by Crippen LogP contribution is 2.24. The molecule has 2 heterocycles. The summed E-state index contributed by atoms with van der Waals surface area (Å²) >= 11 is 0. The van der Waals surface area contributed by atoms with Gasteiger partial charge in [-0.15, -0.1) is 0 Å². The van der Waals surface area contributed by atoms with Gasteiger partial charge in [-0.2, -0.15) is 9.97 Å². The van der Waals surface area contributed by atoms with Crippen molar-refractivity contribution < 1.29 is 0 Å². The summed E-state index contributed by atoms with van der Waals surface area (Å²) in [6.07, 6.45) is 5.08. The average molecular weight is 276 g/mol. The van der Waals surface area contributed by atoms with E-state index in [1.807, 2.05) is 6.07 Å². The van der Waals surface area contributed by atoms with Crippen molar-refractivity contribution in [3.05, 3.63) is 6.07 Å². The summed E-state index contributed by atoms with van der Waals surface area (Å²) in [7, 11) is 2.15. The Morgan fingerprint density at radius 1 is 1.15 bits per heavy atom. The second-order valence-corrected chi connectivity index (χ2v) is 5.89. The van der Waals surface area contributed by atoms with Gasteiger partial charge in [-0.05, 0) is 19.9 Å². The molecule has 0 aromatic carbocycles. The first-order valence-corrected chi connectivity index (χ1v) is 7.55. The van der Waals surface area contributed by atoms with Crippen LogP contribution in [0.15, 0.2) is 6.07 Å². The largest absolute Gasteiger partial charge is 0.368 e. The molecule has 2 aliphatic rings. The lowest BCUT2D eigenvalue weighted by Crippen LogP contribution is -2.44. The highest BCUT2D eigenvalue weighted by atomic mass is 15.3.